The van der Waals surface area contributed by atoms with E-state index in [9.17, 15) is 0 Å². The van der Waals surface area contributed by atoms with Gasteiger partial charge in [0.15, 0.2) is 0 Å². The zero-order valence-electron chi connectivity index (χ0n) is 14.1. The Labute approximate surface area is 127 Å². The van der Waals surface area contributed by atoms with Crippen molar-refractivity contribution in [2.45, 2.75) is 65.1 Å². The summed E-state index contributed by atoms with van der Waals surface area (Å²) >= 11 is 0. The molecule has 0 radical (unpaired) electrons. The van der Waals surface area contributed by atoms with Crippen LogP contribution in [0.1, 0.15) is 54.0 Å². The molecule has 0 atom stereocenters. The third-order valence-corrected chi connectivity index (χ3v) is 5.41. The molecular weight excluding hydrogens is 261 g/mol. The largest absolute Gasteiger partial charge is 0.494 e. The van der Waals surface area contributed by atoms with E-state index >= 15 is 0 Å². The summed E-state index contributed by atoms with van der Waals surface area (Å²) in [5, 5.41) is 0. The molecular formula is C17H24BNO2. The minimum atomic E-state index is -0.308. The predicted octanol–water partition coefficient (Wildman–Crippen LogP) is 3.37. The summed E-state index contributed by atoms with van der Waals surface area (Å²) in [5.74, 6) is 0. The first kappa shape index (κ1) is 14.8. The molecule has 0 saturated carbocycles. The molecule has 4 heteroatoms. The van der Waals surface area contributed by atoms with E-state index in [1.54, 1.807) is 0 Å². The highest BCUT2D eigenvalue weighted by atomic mass is 16.7. The molecule has 1 saturated heterocycles. The Balaban J connectivity index is 1.97. The zero-order chi connectivity index (χ0) is 15.6. The number of hydrogen-bond acceptors (Lipinski definition) is 3. The molecule has 112 valence electrons. The van der Waals surface area contributed by atoms with Gasteiger partial charge in [-0.05, 0) is 51.7 Å². The third kappa shape index (κ3) is 2.08. The first-order chi connectivity index (χ1) is 9.54. The molecule has 0 spiro atoms. The summed E-state index contributed by atoms with van der Waals surface area (Å²) in [4.78, 5) is 4.66. The summed E-state index contributed by atoms with van der Waals surface area (Å²) in [6, 6.07) is 6.34. The van der Waals surface area contributed by atoms with Crippen LogP contribution in [0.3, 0.4) is 0 Å². The van der Waals surface area contributed by atoms with Crippen LogP contribution in [-0.2, 0) is 14.7 Å². The summed E-state index contributed by atoms with van der Waals surface area (Å²) in [6.07, 6.45) is 0. The fourth-order valence-electron chi connectivity index (χ4n) is 2.79. The lowest BCUT2D eigenvalue weighted by Gasteiger charge is -2.32. The van der Waals surface area contributed by atoms with Gasteiger partial charge in [-0.15, -0.1) is 0 Å². The van der Waals surface area contributed by atoms with Crippen LogP contribution in [0, 0.1) is 0 Å². The second kappa shape index (κ2) is 4.20. The number of rotatable bonds is 1. The highest BCUT2D eigenvalue weighted by molar-refractivity contribution is 6.62. The first-order valence-electron chi connectivity index (χ1n) is 7.60. The van der Waals surface area contributed by atoms with Crippen LogP contribution < -0.4 is 5.46 Å². The third-order valence-electron chi connectivity index (χ3n) is 5.41. The first-order valence-corrected chi connectivity index (χ1v) is 7.60. The Morgan fingerprint density at radius 1 is 0.952 bits per heavy atom. The van der Waals surface area contributed by atoms with E-state index in [1.165, 1.54) is 5.56 Å². The molecule has 1 fully saturated rings. The lowest BCUT2D eigenvalue weighted by atomic mass is 9.74. The molecule has 2 aliphatic heterocycles. The Morgan fingerprint density at radius 2 is 1.52 bits per heavy atom. The Kier molecular flexibility index (Phi) is 2.96. The van der Waals surface area contributed by atoms with Crippen LogP contribution in [0.25, 0.3) is 0 Å². The average Bonchev–Trinajstić information content (AvgIpc) is 2.71. The molecule has 1 aromatic rings. The molecule has 3 nitrogen and oxygen atoms in total. The standard InChI is InChI=1S/C17H24BNO2/c1-11-15(2,3)13-10-12(8-9-14(13)19-11)18-20-16(4,5)17(6,7)21-18/h8-10H,1-7H3. The van der Waals surface area contributed by atoms with E-state index in [1.807, 2.05) is 0 Å². The maximum absolute atomic E-state index is 6.15. The van der Waals surface area contributed by atoms with Gasteiger partial charge < -0.3 is 9.31 Å². The molecule has 0 unspecified atom stereocenters. The van der Waals surface area contributed by atoms with E-state index in [4.69, 9.17) is 9.31 Å². The molecule has 0 bridgehead atoms. The smallest absolute Gasteiger partial charge is 0.399 e. The van der Waals surface area contributed by atoms with Crippen molar-refractivity contribution in [1.82, 2.24) is 0 Å². The molecule has 0 N–H and O–H groups in total. The van der Waals surface area contributed by atoms with E-state index in [2.05, 4.69) is 71.7 Å². The SMILES string of the molecule is CC1=Nc2ccc(B3OC(C)(C)C(C)(C)O3)cc2C1(C)C. The van der Waals surface area contributed by atoms with Crippen molar-refractivity contribution in [1.29, 1.82) is 0 Å². The fourth-order valence-corrected chi connectivity index (χ4v) is 2.79. The Hall–Kier alpha value is -1.13. The number of fused-ring (bicyclic) bond motifs is 1. The summed E-state index contributed by atoms with van der Waals surface area (Å²) in [6.45, 7) is 14.8. The molecule has 2 heterocycles. The molecule has 21 heavy (non-hydrogen) atoms. The topological polar surface area (TPSA) is 30.8 Å². The van der Waals surface area contributed by atoms with E-state index in [0.717, 1.165) is 16.9 Å². The minimum absolute atomic E-state index is 0.0189. The number of benzene rings is 1. The van der Waals surface area contributed by atoms with E-state index in [0.29, 0.717) is 0 Å². The van der Waals surface area contributed by atoms with Gasteiger partial charge in [0.25, 0.3) is 0 Å². The van der Waals surface area contributed by atoms with Crippen molar-refractivity contribution in [3.63, 3.8) is 0 Å². The Morgan fingerprint density at radius 3 is 2.10 bits per heavy atom. The van der Waals surface area contributed by atoms with Gasteiger partial charge >= 0.3 is 7.12 Å². The number of hydrogen-bond donors (Lipinski definition) is 0. The predicted molar refractivity (Wildman–Crippen MR) is 88.0 cm³/mol. The van der Waals surface area contributed by atoms with Crippen LogP contribution in [0.15, 0.2) is 23.2 Å². The van der Waals surface area contributed by atoms with Gasteiger partial charge in [-0.25, -0.2) is 0 Å². The normalized spacial score (nSPS) is 24.9. The monoisotopic (exact) mass is 285 g/mol. The van der Waals surface area contributed by atoms with Crippen LogP contribution in [0.2, 0.25) is 0 Å². The summed E-state index contributed by atoms with van der Waals surface area (Å²) < 4.78 is 12.3. The van der Waals surface area contributed by atoms with Crippen molar-refractivity contribution in [3.8, 4) is 0 Å². The van der Waals surface area contributed by atoms with E-state index < -0.39 is 0 Å². The zero-order valence-corrected chi connectivity index (χ0v) is 14.1. The van der Waals surface area contributed by atoms with Gasteiger partial charge in [0.05, 0.1) is 16.9 Å². The van der Waals surface area contributed by atoms with Gasteiger partial charge in [-0.3, -0.25) is 4.99 Å². The molecule has 0 aromatic heterocycles. The van der Waals surface area contributed by atoms with Crippen molar-refractivity contribution in [2.75, 3.05) is 0 Å². The van der Waals surface area contributed by atoms with Gasteiger partial charge in [0, 0.05) is 11.1 Å². The minimum Gasteiger partial charge on any atom is -0.399 e. The van der Waals surface area contributed by atoms with Crippen molar-refractivity contribution < 1.29 is 9.31 Å². The number of nitrogens with zero attached hydrogens (tertiary/aromatic N) is 1. The summed E-state index contributed by atoms with van der Waals surface area (Å²) in [5.41, 5.74) is 3.92. The van der Waals surface area contributed by atoms with Crippen molar-refractivity contribution in [3.05, 3.63) is 23.8 Å². The van der Waals surface area contributed by atoms with Gasteiger partial charge in [-0.2, -0.15) is 0 Å². The van der Waals surface area contributed by atoms with Crippen molar-refractivity contribution >= 4 is 24.0 Å². The Bertz CT molecular complexity index is 616. The molecule has 1 aromatic carbocycles. The van der Waals surface area contributed by atoms with Crippen LogP contribution in [0.5, 0.6) is 0 Å². The maximum Gasteiger partial charge on any atom is 0.494 e. The molecule has 0 amide bonds. The summed E-state index contributed by atoms with van der Waals surface area (Å²) in [7, 11) is -0.308. The highest BCUT2D eigenvalue weighted by Gasteiger charge is 2.52. The van der Waals surface area contributed by atoms with Gasteiger partial charge in [0.2, 0.25) is 0 Å². The van der Waals surface area contributed by atoms with Gasteiger partial charge in [0.1, 0.15) is 0 Å². The lowest BCUT2D eigenvalue weighted by Crippen LogP contribution is -2.41. The molecule has 2 aliphatic rings. The second-order valence-electron chi connectivity index (χ2n) is 7.69. The van der Waals surface area contributed by atoms with Crippen LogP contribution in [-0.4, -0.2) is 24.0 Å². The van der Waals surface area contributed by atoms with Crippen LogP contribution in [0.4, 0.5) is 5.69 Å². The molecule has 0 aliphatic carbocycles. The fraction of sp³-hybridized carbons (Fsp3) is 0.588. The van der Waals surface area contributed by atoms with Crippen molar-refractivity contribution in [2.24, 2.45) is 4.99 Å². The van der Waals surface area contributed by atoms with Crippen LogP contribution >= 0.6 is 0 Å². The average molecular weight is 285 g/mol. The molecule has 3 rings (SSSR count). The van der Waals surface area contributed by atoms with E-state index in [-0.39, 0.29) is 23.7 Å². The van der Waals surface area contributed by atoms with Gasteiger partial charge in [-0.1, -0.05) is 26.0 Å². The highest BCUT2D eigenvalue weighted by Crippen LogP contribution is 2.40. The number of aliphatic imine (C=N–C) groups is 1. The quantitative estimate of drug-likeness (QED) is 0.741. The maximum atomic E-state index is 6.15. The lowest BCUT2D eigenvalue weighted by molar-refractivity contribution is 0.00578. The second-order valence-corrected chi connectivity index (χ2v) is 7.69.